The van der Waals surface area contributed by atoms with Crippen LogP contribution in [0.15, 0.2) is 0 Å². The molecule has 0 radical (unpaired) electrons. The van der Waals surface area contributed by atoms with E-state index in [1.54, 1.807) is 0 Å². The Balaban J connectivity index is 2.23. The van der Waals surface area contributed by atoms with Crippen LogP contribution in [0.3, 0.4) is 0 Å². The Morgan fingerprint density at radius 2 is 1.76 bits per heavy atom. The number of hydrogen-bond acceptors (Lipinski definition) is 2. The highest BCUT2D eigenvalue weighted by molar-refractivity contribution is 5.75. The first-order chi connectivity index (χ1) is 7.97. The van der Waals surface area contributed by atoms with Gasteiger partial charge in [0.05, 0.1) is 6.42 Å². The quantitative estimate of drug-likeness (QED) is 0.700. The maximum atomic E-state index is 11.5. The molecule has 0 aromatic carbocycles. The predicted molar refractivity (Wildman–Crippen MR) is 64.8 cm³/mol. The zero-order valence-corrected chi connectivity index (χ0v) is 10.5. The van der Waals surface area contributed by atoms with Crippen molar-refractivity contribution < 1.29 is 14.7 Å². The Morgan fingerprint density at radius 1 is 1.18 bits per heavy atom. The predicted octanol–water partition coefficient (Wildman–Crippen LogP) is 1.58. The lowest BCUT2D eigenvalue weighted by molar-refractivity contribution is -0.136. The second-order valence-electron chi connectivity index (χ2n) is 5.16. The molecule has 2 amide bonds. The third-order valence-electron chi connectivity index (χ3n) is 3.14. The number of carboxylic acid groups (broad SMARTS) is 1. The molecule has 2 atom stereocenters. The van der Waals surface area contributed by atoms with Gasteiger partial charge in [0, 0.05) is 12.6 Å². The van der Waals surface area contributed by atoms with Crippen molar-refractivity contribution in [2.24, 2.45) is 11.8 Å². The number of carboxylic acids is 1. The summed E-state index contributed by atoms with van der Waals surface area (Å²) in [4.78, 5) is 21.8. The number of rotatable bonds is 4. The lowest BCUT2D eigenvalue weighted by Gasteiger charge is -2.31. The van der Waals surface area contributed by atoms with Gasteiger partial charge in [-0.15, -0.1) is 0 Å². The summed E-state index contributed by atoms with van der Waals surface area (Å²) < 4.78 is 0. The van der Waals surface area contributed by atoms with Crippen LogP contribution >= 0.6 is 0 Å². The van der Waals surface area contributed by atoms with Crippen molar-refractivity contribution in [2.75, 3.05) is 6.54 Å². The smallest absolute Gasteiger partial charge is 0.315 e. The van der Waals surface area contributed by atoms with Crippen LogP contribution in [0, 0.1) is 11.8 Å². The molecule has 1 aliphatic carbocycles. The van der Waals surface area contributed by atoms with Crippen LogP contribution in [0.25, 0.3) is 0 Å². The summed E-state index contributed by atoms with van der Waals surface area (Å²) in [6.07, 6.45) is 3.21. The Kier molecular flexibility index (Phi) is 5.25. The molecular weight excluding hydrogens is 220 g/mol. The van der Waals surface area contributed by atoms with Crippen molar-refractivity contribution in [1.82, 2.24) is 10.6 Å². The van der Waals surface area contributed by atoms with Gasteiger partial charge in [-0.25, -0.2) is 4.79 Å². The second kappa shape index (κ2) is 6.47. The molecule has 0 aromatic heterocycles. The number of nitrogens with one attached hydrogen (secondary N) is 2. The van der Waals surface area contributed by atoms with E-state index in [9.17, 15) is 9.59 Å². The van der Waals surface area contributed by atoms with Gasteiger partial charge in [0.1, 0.15) is 0 Å². The lowest BCUT2D eigenvalue weighted by Crippen LogP contribution is -2.45. The molecule has 1 aliphatic rings. The van der Waals surface area contributed by atoms with Gasteiger partial charge in [-0.3, -0.25) is 4.79 Å². The van der Waals surface area contributed by atoms with E-state index in [-0.39, 0.29) is 25.0 Å². The first-order valence-electron chi connectivity index (χ1n) is 6.23. The van der Waals surface area contributed by atoms with Gasteiger partial charge >= 0.3 is 12.0 Å². The monoisotopic (exact) mass is 242 g/mol. The van der Waals surface area contributed by atoms with Crippen LogP contribution in [0.2, 0.25) is 0 Å². The number of hydrogen-bond donors (Lipinski definition) is 3. The lowest BCUT2D eigenvalue weighted by atomic mass is 9.80. The van der Waals surface area contributed by atoms with Crippen LogP contribution in [0.5, 0.6) is 0 Å². The molecular formula is C12H22N2O3. The summed E-state index contributed by atoms with van der Waals surface area (Å²) in [6.45, 7) is 4.58. The number of carbonyl (C=O) groups is 2. The highest BCUT2D eigenvalue weighted by Crippen LogP contribution is 2.28. The number of urea groups is 1. The molecule has 0 bridgehead atoms. The van der Waals surface area contributed by atoms with E-state index in [1.165, 1.54) is 6.42 Å². The molecule has 0 heterocycles. The van der Waals surface area contributed by atoms with E-state index in [1.807, 2.05) is 0 Å². The average Bonchev–Trinajstić information content (AvgIpc) is 2.14. The largest absolute Gasteiger partial charge is 0.481 e. The Hall–Kier alpha value is -1.26. The third-order valence-corrected chi connectivity index (χ3v) is 3.14. The summed E-state index contributed by atoms with van der Waals surface area (Å²) in [7, 11) is 0. The van der Waals surface area contributed by atoms with Crippen molar-refractivity contribution in [3.05, 3.63) is 0 Å². The van der Waals surface area contributed by atoms with Crippen LogP contribution in [0.1, 0.15) is 39.5 Å². The average molecular weight is 242 g/mol. The van der Waals surface area contributed by atoms with E-state index in [4.69, 9.17) is 5.11 Å². The fraction of sp³-hybridized carbons (Fsp3) is 0.833. The first-order valence-corrected chi connectivity index (χ1v) is 6.23. The molecule has 0 aliphatic heterocycles. The standard InChI is InChI=1S/C12H22N2O3/c1-8-5-9(2)7-10(6-8)14-12(17)13-4-3-11(15)16/h8-10H,3-7H2,1-2H3,(H,15,16)(H2,13,14,17). The molecule has 5 nitrogen and oxygen atoms in total. The van der Waals surface area contributed by atoms with E-state index < -0.39 is 5.97 Å². The SMILES string of the molecule is CC1CC(C)CC(NC(=O)NCCC(=O)O)C1. The van der Waals surface area contributed by atoms with E-state index in [2.05, 4.69) is 24.5 Å². The van der Waals surface area contributed by atoms with E-state index in [0.717, 1.165) is 12.8 Å². The molecule has 98 valence electrons. The molecule has 1 saturated carbocycles. The van der Waals surface area contributed by atoms with Gasteiger partial charge in [0.25, 0.3) is 0 Å². The van der Waals surface area contributed by atoms with Crippen molar-refractivity contribution >= 4 is 12.0 Å². The minimum Gasteiger partial charge on any atom is -0.481 e. The van der Waals surface area contributed by atoms with Crippen LogP contribution in [-0.2, 0) is 4.79 Å². The van der Waals surface area contributed by atoms with Gasteiger partial charge < -0.3 is 15.7 Å². The summed E-state index contributed by atoms with van der Waals surface area (Å²) in [5.74, 6) is 0.386. The Bertz CT molecular complexity index is 271. The molecule has 0 aromatic rings. The summed E-state index contributed by atoms with van der Waals surface area (Å²) in [6, 6.07) is -0.0314. The van der Waals surface area contributed by atoms with Gasteiger partial charge in [-0.2, -0.15) is 0 Å². The molecule has 0 saturated heterocycles. The molecule has 5 heteroatoms. The van der Waals surface area contributed by atoms with E-state index >= 15 is 0 Å². The highest BCUT2D eigenvalue weighted by atomic mass is 16.4. The van der Waals surface area contributed by atoms with Crippen molar-refractivity contribution in [1.29, 1.82) is 0 Å². The Labute approximate surface area is 102 Å². The van der Waals surface area contributed by atoms with Crippen LogP contribution in [-0.4, -0.2) is 29.7 Å². The van der Waals surface area contributed by atoms with Crippen LogP contribution in [0.4, 0.5) is 4.79 Å². The first kappa shape index (κ1) is 13.8. The van der Waals surface area contributed by atoms with Crippen LogP contribution < -0.4 is 10.6 Å². The molecule has 17 heavy (non-hydrogen) atoms. The molecule has 1 fully saturated rings. The molecule has 1 rings (SSSR count). The topological polar surface area (TPSA) is 78.4 Å². The maximum Gasteiger partial charge on any atom is 0.315 e. The minimum absolute atomic E-state index is 0.0368. The fourth-order valence-corrected chi connectivity index (χ4v) is 2.58. The summed E-state index contributed by atoms with van der Waals surface area (Å²) >= 11 is 0. The maximum absolute atomic E-state index is 11.5. The van der Waals surface area contributed by atoms with Crippen molar-refractivity contribution in [3.63, 3.8) is 0 Å². The fourth-order valence-electron chi connectivity index (χ4n) is 2.58. The molecule has 2 unspecified atom stereocenters. The number of carbonyl (C=O) groups excluding carboxylic acids is 1. The van der Waals surface area contributed by atoms with Gasteiger partial charge in [-0.1, -0.05) is 13.8 Å². The number of aliphatic carboxylic acids is 1. The van der Waals surface area contributed by atoms with Crippen molar-refractivity contribution in [3.8, 4) is 0 Å². The zero-order valence-electron chi connectivity index (χ0n) is 10.5. The second-order valence-corrected chi connectivity index (χ2v) is 5.16. The summed E-state index contributed by atoms with van der Waals surface area (Å²) in [5.41, 5.74) is 0. The minimum atomic E-state index is -0.898. The summed E-state index contributed by atoms with van der Waals surface area (Å²) in [5, 5.41) is 13.9. The Morgan fingerprint density at radius 3 is 2.29 bits per heavy atom. The van der Waals surface area contributed by atoms with E-state index in [0.29, 0.717) is 11.8 Å². The highest BCUT2D eigenvalue weighted by Gasteiger charge is 2.24. The third kappa shape index (κ3) is 5.56. The zero-order chi connectivity index (χ0) is 12.8. The van der Waals surface area contributed by atoms with Gasteiger partial charge in [0.2, 0.25) is 0 Å². The van der Waals surface area contributed by atoms with Gasteiger partial charge in [-0.05, 0) is 31.1 Å². The number of amides is 2. The molecule has 3 N–H and O–H groups in total. The normalized spacial score (nSPS) is 28.5. The van der Waals surface area contributed by atoms with Gasteiger partial charge in [0.15, 0.2) is 0 Å². The van der Waals surface area contributed by atoms with Crippen molar-refractivity contribution in [2.45, 2.75) is 45.6 Å². The molecule has 0 spiro atoms.